The van der Waals surface area contributed by atoms with Crippen LogP contribution in [0.3, 0.4) is 0 Å². The molecule has 0 amide bonds. The van der Waals surface area contributed by atoms with Gasteiger partial charge in [0.25, 0.3) is 0 Å². The summed E-state index contributed by atoms with van der Waals surface area (Å²) < 4.78 is 65.2. The Morgan fingerprint density at radius 2 is 1.53 bits per heavy atom. The van der Waals surface area contributed by atoms with Crippen molar-refractivity contribution in [2.45, 2.75) is 6.54 Å². The lowest BCUT2D eigenvalue weighted by Gasteiger charge is -2.09. The third kappa shape index (κ3) is 2.81. The van der Waals surface area contributed by atoms with E-state index in [1.807, 2.05) is 0 Å². The summed E-state index contributed by atoms with van der Waals surface area (Å²) in [6.45, 7) is -0.235. The molecule has 0 fully saturated rings. The molecule has 1 N–H and O–H groups in total. The van der Waals surface area contributed by atoms with Crippen LogP contribution in [0.15, 0.2) is 24.5 Å². The van der Waals surface area contributed by atoms with Crippen LogP contribution < -0.4 is 5.32 Å². The zero-order valence-corrected chi connectivity index (χ0v) is 9.35. The van der Waals surface area contributed by atoms with Crippen LogP contribution in [-0.4, -0.2) is 4.98 Å². The molecule has 1 aromatic carbocycles. The molecule has 100 valence electrons. The standard InChI is InChI=1S/C12H7F5N2/c13-7-1-6(3-18-5-7)4-19-12-10(16)8(14)2-9(15)11(12)17/h1-3,5,19H,4H2. The Morgan fingerprint density at radius 3 is 2.11 bits per heavy atom. The van der Waals surface area contributed by atoms with Crippen LogP contribution in [0, 0.1) is 29.1 Å². The lowest BCUT2D eigenvalue weighted by Crippen LogP contribution is -2.07. The number of aromatic nitrogens is 1. The molecule has 0 atom stereocenters. The van der Waals surface area contributed by atoms with E-state index in [4.69, 9.17) is 0 Å². The zero-order chi connectivity index (χ0) is 14.0. The van der Waals surface area contributed by atoms with E-state index in [9.17, 15) is 22.0 Å². The molecule has 2 rings (SSSR count). The first-order valence-electron chi connectivity index (χ1n) is 5.15. The Balaban J connectivity index is 2.25. The molecule has 2 nitrogen and oxygen atoms in total. The van der Waals surface area contributed by atoms with Crippen molar-refractivity contribution >= 4 is 5.69 Å². The van der Waals surface area contributed by atoms with Crippen LogP contribution in [0.1, 0.15) is 5.56 Å². The number of anilines is 1. The summed E-state index contributed by atoms with van der Waals surface area (Å²) in [6, 6.07) is 1.19. The van der Waals surface area contributed by atoms with Gasteiger partial charge in [-0.15, -0.1) is 0 Å². The number of pyridine rings is 1. The van der Waals surface area contributed by atoms with E-state index in [1.165, 1.54) is 6.20 Å². The minimum atomic E-state index is -1.54. The Labute approximate surface area is 104 Å². The minimum absolute atomic E-state index is 0.111. The smallest absolute Gasteiger partial charge is 0.185 e. The van der Waals surface area contributed by atoms with Gasteiger partial charge in [-0.2, -0.15) is 0 Å². The fraction of sp³-hybridized carbons (Fsp3) is 0.0833. The van der Waals surface area contributed by atoms with Crippen molar-refractivity contribution < 1.29 is 22.0 Å². The summed E-state index contributed by atoms with van der Waals surface area (Å²) in [5, 5.41) is 2.17. The first-order valence-corrected chi connectivity index (χ1v) is 5.15. The van der Waals surface area contributed by atoms with E-state index in [-0.39, 0.29) is 18.2 Å². The molecule has 19 heavy (non-hydrogen) atoms. The quantitative estimate of drug-likeness (QED) is 0.685. The average Bonchev–Trinajstić information content (AvgIpc) is 2.36. The van der Waals surface area contributed by atoms with Crippen molar-refractivity contribution in [1.82, 2.24) is 4.98 Å². The maximum atomic E-state index is 13.3. The Hall–Kier alpha value is -2.18. The number of hydrogen-bond acceptors (Lipinski definition) is 2. The van der Waals surface area contributed by atoms with E-state index in [1.54, 1.807) is 0 Å². The van der Waals surface area contributed by atoms with Crippen LogP contribution in [0.4, 0.5) is 27.6 Å². The van der Waals surface area contributed by atoms with E-state index in [0.29, 0.717) is 0 Å². The van der Waals surface area contributed by atoms with Gasteiger partial charge in [-0.3, -0.25) is 4.98 Å². The molecule has 0 radical (unpaired) electrons. The predicted molar refractivity (Wildman–Crippen MR) is 57.8 cm³/mol. The van der Waals surface area contributed by atoms with E-state index in [2.05, 4.69) is 10.3 Å². The predicted octanol–water partition coefficient (Wildman–Crippen LogP) is 3.39. The van der Waals surface area contributed by atoms with Gasteiger partial charge in [0.15, 0.2) is 23.3 Å². The second-order valence-electron chi connectivity index (χ2n) is 3.71. The van der Waals surface area contributed by atoms with Crippen molar-refractivity contribution in [1.29, 1.82) is 0 Å². The first kappa shape index (κ1) is 13.3. The molecular weight excluding hydrogens is 267 g/mol. The van der Waals surface area contributed by atoms with Gasteiger partial charge in [-0.25, -0.2) is 22.0 Å². The van der Waals surface area contributed by atoms with E-state index in [0.717, 1.165) is 12.3 Å². The number of rotatable bonds is 3. The minimum Gasteiger partial charge on any atom is -0.376 e. The Bertz CT molecular complexity index is 589. The van der Waals surface area contributed by atoms with Gasteiger partial charge in [0.1, 0.15) is 11.5 Å². The van der Waals surface area contributed by atoms with Crippen LogP contribution in [0.5, 0.6) is 0 Å². The molecule has 0 spiro atoms. The van der Waals surface area contributed by atoms with Gasteiger partial charge < -0.3 is 5.32 Å². The second kappa shape index (κ2) is 5.21. The molecule has 0 aliphatic heterocycles. The highest BCUT2D eigenvalue weighted by molar-refractivity contribution is 5.47. The highest BCUT2D eigenvalue weighted by Gasteiger charge is 2.18. The monoisotopic (exact) mass is 274 g/mol. The van der Waals surface area contributed by atoms with Crippen LogP contribution in [0.2, 0.25) is 0 Å². The maximum Gasteiger partial charge on any atom is 0.185 e. The third-order valence-electron chi connectivity index (χ3n) is 2.34. The number of halogens is 5. The molecular formula is C12H7F5N2. The highest BCUT2D eigenvalue weighted by Crippen LogP contribution is 2.24. The summed E-state index contributed by atoms with van der Waals surface area (Å²) in [5.74, 6) is -6.74. The van der Waals surface area contributed by atoms with Crippen molar-refractivity contribution in [3.05, 3.63) is 59.2 Å². The lowest BCUT2D eigenvalue weighted by molar-refractivity contribution is 0.458. The van der Waals surface area contributed by atoms with Crippen molar-refractivity contribution in [2.75, 3.05) is 5.32 Å². The summed E-state index contributed by atoms with van der Waals surface area (Å²) in [7, 11) is 0. The zero-order valence-electron chi connectivity index (χ0n) is 9.35. The van der Waals surface area contributed by atoms with Gasteiger partial charge in [0.2, 0.25) is 0 Å². The van der Waals surface area contributed by atoms with Gasteiger partial charge in [0, 0.05) is 18.8 Å². The highest BCUT2D eigenvalue weighted by atomic mass is 19.2. The average molecular weight is 274 g/mol. The molecule has 0 bridgehead atoms. The molecule has 1 heterocycles. The molecule has 0 aliphatic carbocycles. The molecule has 2 aromatic rings. The van der Waals surface area contributed by atoms with Gasteiger partial charge in [-0.05, 0) is 11.6 Å². The fourth-order valence-corrected chi connectivity index (χ4v) is 1.47. The summed E-state index contributed by atoms with van der Waals surface area (Å²) in [6.07, 6.45) is 2.20. The summed E-state index contributed by atoms with van der Waals surface area (Å²) >= 11 is 0. The van der Waals surface area contributed by atoms with Gasteiger partial charge in [-0.1, -0.05) is 0 Å². The number of nitrogens with one attached hydrogen (secondary N) is 1. The summed E-state index contributed by atoms with van der Waals surface area (Å²) in [5.41, 5.74) is -0.676. The molecule has 0 saturated carbocycles. The fourth-order valence-electron chi connectivity index (χ4n) is 1.47. The molecule has 1 aromatic heterocycles. The first-order chi connectivity index (χ1) is 8.99. The van der Waals surface area contributed by atoms with Crippen molar-refractivity contribution in [3.8, 4) is 0 Å². The number of hydrogen-bond donors (Lipinski definition) is 1. The third-order valence-corrected chi connectivity index (χ3v) is 2.34. The maximum absolute atomic E-state index is 13.3. The van der Waals surface area contributed by atoms with Crippen LogP contribution in [-0.2, 0) is 6.54 Å². The number of benzene rings is 1. The Morgan fingerprint density at radius 1 is 0.895 bits per heavy atom. The normalized spacial score (nSPS) is 10.6. The summed E-state index contributed by atoms with van der Waals surface area (Å²) in [4.78, 5) is 3.53. The van der Waals surface area contributed by atoms with E-state index >= 15 is 0 Å². The van der Waals surface area contributed by atoms with E-state index < -0.39 is 34.8 Å². The topological polar surface area (TPSA) is 24.9 Å². The lowest BCUT2D eigenvalue weighted by atomic mass is 10.2. The van der Waals surface area contributed by atoms with Crippen molar-refractivity contribution in [3.63, 3.8) is 0 Å². The van der Waals surface area contributed by atoms with Gasteiger partial charge >= 0.3 is 0 Å². The SMILES string of the molecule is Fc1cncc(CNc2c(F)c(F)cc(F)c2F)c1. The van der Waals surface area contributed by atoms with Crippen LogP contribution >= 0.6 is 0 Å². The Kier molecular flexibility index (Phi) is 3.64. The molecule has 7 heteroatoms. The van der Waals surface area contributed by atoms with Gasteiger partial charge in [0.05, 0.1) is 6.20 Å². The largest absolute Gasteiger partial charge is 0.376 e. The number of nitrogens with zero attached hydrogens (tertiary/aromatic N) is 1. The van der Waals surface area contributed by atoms with Crippen molar-refractivity contribution in [2.24, 2.45) is 0 Å². The molecule has 0 saturated heterocycles. The van der Waals surface area contributed by atoms with Crippen LogP contribution in [0.25, 0.3) is 0 Å². The second-order valence-corrected chi connectivity index (χ2v) is 3.71. The molecule has 0 unspecified atom stereocenters. The molecule has 0 aliphatic rings.